The van der Waals surface area contributed by atoms with Crippen LogP contribution in [0.3, 0.4) is 0 Å². The third-order valence-electron chi connectivity index (χ3n) is 6.45. The van der Waals surface area contributed by atoms with Crippen LogP contribution >= 0.6 is 0 Å². The van der Waals surface area contributed by atoms with Gasteiger partial charge < -0.3 is 19.1 Å². The summed E-state index contributed by atoms with van der Waals surface area (Å²) in [4.78, 5) is 33.8. The average Bonchev–Trinajstić information content (AvgIpc) is 3.43. The van der Waals surface area contributed by atoms with Gasteiger partial charge in [-0.05, 0) is 50.6 Å². The molecule has 0 bridgehead atoms. The standard InChI is InChI=1S/C28H31N5O5/c1-17(16-32-11-13-33(14-12-32)27(35)38-28(2,3)4)23-21(36-5)9-8-19-24(34)22(37-25(19)23)15-20-18-7-6-10-29-26(18)31-30-20/h6-10,15H,1,11-14,16H2,2-5H3,(H,29,30,31)/b22-15-. The fourth-order valence-corrected chi connectivity index (χ4v) is 4.61. The summed E-state index contributed by atoms with van der Waals surface area (Å²) >= 11 is 0. The predicted octanol–water partition coefficient (Wildman–Crippen LogP) is 4.15. The minimum atomic E-state index is -0.529. The largest absolute Gasteiger partial charge is 0.496 e. The van der Waals surface area contributed by atoms with Crippen LogP contribution in [0.5, 0.6) is 11.5 Å². The highest BCUT2D eigenvalue weighted by Crippen LogP contribution is 2.43. The Morgan fingerprint density at radius 2 is 1.97 bits per heavy atom. The molecule has 5 rings (SSSR count). The third kappa shape index (κ3) is 4.99. The van der Waals surface area contributed by atoms with Crippen LogP contribution in [-0.4, -0.2) is 82.3 Å². The van der Waals surface area contributed by atoms with E-state index in [2.05, 4.69) is 26.7 Å². The van der Waals surface area contributed by atoms with Gasteiger partial charge in [0.15, 0.2) is 11.4 Å². The summed E-state index contributed by atoms with van der Waals surface area (Å²) in [5.41, 5.74) is 2.53. The first-order valence-corrected chi connectivity index (χ1v) is 12.5. The van der Waals surface area contributed by atoms with Gasteiger partial charge in [0, 0.05) is 50.4 Å². The summed E-state index contributed by atoms with van der Waals surface area (Å²) in [5, 5.41) is 7.94. The lowest BCUT2D eigenvalue weighted by Gasteiger charge is -2.36. The maximum Gasteiger partial charge on any atom is 0.410 e. The van der Waals surface area contributed by atoms with E-state index >= 15 is 0 Å². The van der Waals surface area contributed by atoms with Gasteiger partial charge in [-0.1, -0.05) is 6.58 Å². The molecule has 1 fully saturated rings. The van der Waals surface area contributed by atoms with Crippen LogP contribution in [0.1, 0.15) is 42.4 Å². The maximum atomic E-state index is 13.2. The number of piperazine rings is 1. The lowest BCUT2D eigenvalue weighted by molar-refractivity contribution is 0.0155. The van der Waals surface area contributed by atoms with Crippen molar-refractivity contribution >= 4 is 34.6 Å². The monoisotopic (exact) mass is 517 g/mol. The van der Waals surface area contributed by atoms with E-state index in [-0.39, 0.29) is 17.6 Å². The second kappa shape index (κ2) is 9.94. The molecule has 1 saturated heterocycles. The number of nitrogens with one attached hydrogen (secondary N) is 1. The highest BCUT2D eigenvalue weighted by atomic mass is 16.6. The van der Waals surface area contributed by atoms with E-state index in [4.69, 9.17) is 14.2 Å². The first-order chi connectivity index (χ1) is 18.1. The number of amides is 1. The molecule has 198 valence electrons. The molecule has 2 aliphatic rings. The smallest absolute Gasteiger partial charge is 0.410 e. The summed E-state index contributed by atoms with van der Waals surface area (Å²) in [6, 6.07) is 7.16. The number of nitrogens with zero attached hydrogens (tertiary/aromatic N) is 4. The van der Waals surface area contributed by atoms with Crippen molar-refractivity contribution in [3.05, 3.63) is 59.6 Å². The zero-order chi connectivity index (χ0) is 27.0. The summed E-state index contributed by atoms with van der Waals surface area (Å²) < 4.78 is 17.2. The molecule has 10 nitrogen and oxygen atoms in total. The van der Waals surface area contributed by atoms with E-state index < -0.39 is 5.60 Å². The first kappa shape index (κ1) is 25.5. The van der Waals surface area contributed by atoms with Gasteiger partial charge in [-0.25, -0.2) is 9.78 Å². The Balaban J connectivity index is 1.34. The number of allylic oxidation sites excluding steroid dienone is 1. The summed E-state index contributed by atoms with van der Waals surface area (Å²) in [7, 11) is 1.58. The number of hydrogen-bond donors (Lipinski definition) is 1. The van der Waals surface area contributed by atoms with E-state index in [1.807, 2.05) is 32.9 Å². The molecule has 2 aliphatic heterocycles. The van der Waals surface area contributed by atoms with Crippen LogP contribution in [0, 0.1) is 0 Å². The lowest BCUT2D eigenvalue weighted by Crippen LogP contribution is -2.50. The van der Waals surface area contributed by atoms with Crippen LogP contribution in [-0.2, 0) is 4.74 Å². The number of hydrogen-bond acceptors (Lipinski definition) is 8. The first-order valence-electron chi connectivity index (χ1n) is 12.5. The molecular weight excluding hydrogens is 486 g/mol. The number of ketones is 1. The number of Topliss-reactive ketones (excluding diaryl/α,β-unsaturated/α-hetero) is 1. The van der Waals surface area contributed by atoms with Crippen molar-refractivity contribution in [3.63, 3.8) is 0 Å². The number of fused-ring (bicyclic) bond motifs is 2. The number of H-pyrrole nitrogens is 1. The van der Waals surface area contributed by atoms with Gasteiger partial charge in [0.05, 0.1) is 23.9 Å². The van der Waals surface area contributed by atoms with Crippen LogP contribution in [0.2, 0.25) is 0 Å². The second-order valence-electron chi connectivity index (χ2n) is 10.3. The molecular formula is C28H31N5O5. The number of methoxy groups -OCH3 is 1. The van der Waals surface area contributed by atoms with Crippen LogP contribution < -0.4 is 9.47 Å². The van der Waals surface area contributed by atoms with Gasteiger partial charge in [0.2, 0.25) is 5.78 Å². The van der Waals surface area contributed by atoms with Crippen molar-refractivity contribution in [2.24, 2.45) is 0 Å². The van der Waals surface area contributed by atoms with Crippen LogP contribution in [0.25, 0.3) is 22.7 Å². The van der Waals surface area contributed by atoms with Crippen molar-refractivity contribution in [1.82, 2.24) is 25.0 Å². The van der Waals surface area contributed by atoms with Gasteiger partial charge in [-0.3, -0.25) is 14.8 Å². The lowest BCUT2D eigenvalue weighted by atomic mass is 9.99. The number of ether oxygens (including phenoxy) is 3. The van der Waals surface area contributed by atoms with Gasteiger partial charge in [0.1, 0.15) is 17.1 Å². The number of rotatable bonds is 5. The normalized spacial score (nSPS) is 17.0. The number of carbonyl (C=O) groups is 2. The number of pyridine rings is 1. The van der Waals surface area contributed by atoms with Crippen molar-refractivity contribution in [3.8, 4) is 11.5 Å². The van der Waals surface area contributed by atoms with Gasteiger partial charge in [-0.15, -0.1) is 0 Å². The maximum absolute atomic E-state index is 13.2. The molecule has 38 heavy (non-hydrogen) atoms. The Hall–Kier alpha value is -4.18. The Morgan fingerprint density at radius 3 is 2.68 bits per heavy atom. The Labute approximate surface area is 220 Å². The molecule has 1 aromatic carbocycles. The minimum absolute atomic E-state index is 0.172. The summed E-state index contributed by atoms with van der Waals surface area (Å²) in [5.74, 6) is 0.939. The van der Waals surface area contributed by atoms with E-state index in [0.29, 0.717) is 66.7 Å². The van der Waals surface area contributed by atoms with Crippen LogP contribution in [0.15, 0.2) is 42.8 Å². The second-order valence-corrected chi connectivity index (χ2v) is 10.3. The summed E-state index contributed by atoms with van der Waals surface area (Å²) in [6.45, 7) is 12.9. The van der Waals surface area contributed by atoms with Crippen molar-refractivity contribution in [1.29, 1.82) is 0 Å². The van der Waals surface area contributed by atoms with E-state index in [1.54, 1.807) is 36.4 Å². The van der Waals surface area contributed by atoms with E-state index in [9.17, 15) is 9.59 Å². The molecule has 0 radical (unpaired) electrons. The number of benzene rings is 1. The topological polar surface area (TPSA) is 110 Å². The highest BCUT2D eigenvalue weighted by molar-refractivity contribution is 6.16. The number of aromatic nitrogens is 3. The zero-order valence-corrected chi connectivity index (χ0v) is 22.0. The third-order valence-corrected chi connectivity index (χ3v) is 6.45. The fourth-order valence-electron chi connectivity index (χ4n) is 4.61. The highest BCUT2D eigenvalue weighted by Gasteiger charge is 2.33. The molecule has 0 aliphatic carbocycles. The molecule has 0 unspecified atom stereocenters. The molecule has 1 amide bonds. The fraction of sp³-hybridized carbons (Fsp3) is 0.357. The van der Waals surface area contributed by atoms with E-state index in [0.717, 1.165) is 11.0 Å². The van der Waals surface area contributed by atoms with Crippen LogP contribution in [0.4, 0.5) is 4.79 Å². The molecule has 10 heteroatoms. The van der Waals surface area contributed by atoms with Gasteiger partial charge >= 0.3 is 6.09 Å². The van der Waals surface area contributed by atoms with Gasteiger partial charge in [-0.2, -0.15) is 5.10 Å². The number of aromatic amines is 1. The average molecular weight is 518 g/mol. The minimum Gasteiger partial charge on any atom is -0.496 e. The Morgan fingerprint density at radius 1 is 1.21 bits per heavy atom. The van der Waals surface area contributed by atoms with Gasteiger partial charge in [0.25, 0.3) is 0 Å². The molecule has 1 N–H and O–H groups in total. The zero-order valence-electron chi connectivity index (χ0n) is 22.0. The molecule has 0 atom stereocenters. The molecule has 0 saturated carbocycles. The molecule has 0 spiro atoms. The molecule has 2 aromatic heterocycles. The SMILES string of the molecule is C=C(CN1CCN(C(=O)OC(C)(C)C)CC1)c1c(OC)ccc2c1O/C(=C\c1n[nH]c3ncccc13)C2=O. The van der Waals surface area contributed by atoms with E-state index in [1.165, 1.54) is 0 Å². The number of carbonyl (C=O) groups excluding carboxylic acids is 2. The van der Waals surface area contributed by atoms with Crippen molar-refractivity contribution in [2.45, 2.75) is 26.4 Å². The Kier molecular flexibility index (Phi) is 6.66. The summed E-state index contributed by atoms with van der Waals surface area (Å²) in [6.07, 6.45) is 2.99. The quantitative estimate of drug-likeness (QED) is 0.503. The van der Waals surface area contributed by atoms with Crippen molar-refractivity contribution < 1.29 is 23.8 Å². The Bertz CT molecular complexity index is 1440. The predicted molar refractivity (Wildman–Crippen MR) is 143 cm³/mol. The van der Waals surface area contributed by atoms with Crippen molar-refractivity contribution in [2.75, 3.05) is 39.8 Å². The molecule has 4 heterocycles. The molecule has 3 aromatic rings.